The van der Waals surface area contributed by atoms with E-state index in [0.717, 1.165) is 45.3 Å². The van der Waals surface area contributed by atoms with E-state index in [0.29, 0.717) is 36.8 Å². The third kappa shape index (κ3) is 11.8. The minimum absolute atomic E-state index is 0. The molecule has 1 amide bonds. The maximum atomic E-state index is 12.2. The van der Waals surface area contributed by atoms with Crippen LogP contribution in [0.15, 0.2) is 0 Å². The van der Waals surface area contributed by atoms with E-state index >= 15 is 0 Å². The van der Waals surface area contributed by atoms with E-state index in [1.165, 1.54) is 25.7 Å². The van der Waals surface area contributed by atoms with Gasteiger partial charge in [-0.15, -0.1) is 0 Å². The van der Waals surface area contributed by atoms with Gasteiger partial charge in [0, 0.05) is 45.5 Å². The van der Waals surface area contributed by atoms with Gasteiger partial charge in [0.05, 0.1) is 6.10 Å². The highest BCUT2D eigenvalue weighted by atomic mass is 16.5. The SMILES string of the molecule is CC.CC(C)OCC1CCC(COCCCC(=O)NC2CCC(C(=O)C(C)C)CC2)CC1.[HH]. The van der Waals surface area contributed by atoms with Gasteiger partial charge in [-0.3, -0.25) is 9.59 Å². The Labute approximate surface area is 199 Å². The zero-order valence-electron chi connectivity index (χ0n) is 21.8. The van der Waals surface area contributed by atoms with Gasteiger partial charge in [-0.25, -0.2) is 0 Å². The highest BCUT2D eigenvalue weighted by molar-refractivity contribution is 5.83. The third-order valence-electron chi connectivity index (χ3n) is 6.74. The molecule has 5 nitrogen and oxygen atoms in total. The standard InChI is InChI=1S/C25H45NO4.C2H6.H2/c1-18(2)25(28)22-11-13-23(14-12-22)26-24(27)6-5-15-29-16-20-7-9-21(10-8-20)17-30-19(3)4;1-2;/h18-23H,5-17H2,1-4H3,(H,26,27);1-2H3;1H. The molecule has 0 saturated heterocycles. The number of ether oxygens (including phenoxy) is 2. The molecule has 2 fully saturated rings. The summed E-state index contributed by atoms with van der Waals surface area (Å²) in [5.74, 6) is 2.21. The summed E-state index contributed by atoms with van der Waals surface area (Å²) in [5.41, 5.74) is 0. The number of nitrogens with one attached hydrogen (secondary N) is 1. The minimum Gasteiger partial charge on any atom is -0.381 e. The molecule has 2 aliphatic rings. The molecule has 0 aromatic rings. The Kier molecular flexibility index (Phi) is 15.1. The monoisotopic (exact) mass is 455 g/mol. The number of ketones is 1. The molecule has 0 aromatic heterocycles. The number of carbonyl (C=O) groups excluding carboxylic acids is 2. The van der Waals surface area contributed by atoms with Gasteiger partial charge in [0.25, 0.3) is 0 Å². The second-order valence-electron chi connectivity index (χ2n) is 10.1. The van der Waals surface area contributed by atoms with Gasteiger partial charge in [0.1, 0.15) is 5.78 Å². The van der Waals surface area contributed by atoms with Crippen LogP contribution in [0.5, 0.6) is 0 Å². The van der Waals surface area contributed by atoms with Gasteiger partial charge in [0.15, 0.2) is 0 Å². The maximum Gasteiger partial charge on any atom is 0.220 e. The molecule has 0 aromatic carbocycles. The maximum absolute atomic E-state index is 12.2. The molecule has 0 unspecified atom stereocenters. The second kappa shape index (κ2) is 16.6. The Bertz CT molecular complexity index is 510. The number of Topliss-reactive ketones (excluding diaryl/α,β-unsaturated/α-hetero) is 1. The Hall–Kier alpha value is -0.940. The highest BCUT2D eigenvalue weighted by Gasteiger charge is 2.28. The van der Waals surface area contributed by atoms with E-state index in [-0.39, 0.29) is 25.2 Å². The summed E-state index contributed by atoms with van der Waals surface area (Å²) in [5, 5.41) is 3.15. The van der Waals surface area contributed by atoms with E-state index in [2.05, 4.69) is 19.2 Å². The Morgan fingerprint density at radius 3 is 1.97 bits per heavy atom. The van der Waals surface area contributed by atoms with Crippen molar-refractivity contribution < 1.29 is 20.5 Å². The summed E-state index contributed by atoms with van der Waals surface area (Å²) in [6.45, 7) is 14.5. The normalized spacial score (nSPS) is 25.9. The predicted molar refractivity (Wildman–Crippen MR) is 134 cm³/mol. The van der Waals surface area contributed by atoms with Crippen molar-refractivity contribution in [3.05, 3.63) is 0 Å². The zero-order chi connectivity index (χ0) is 23.9. The van der Waals surface area contributed by atoms with Crippen molar-refractivity contribution in [2.45, 2.75) is 118 Å². The van der Waals surface area contributed by atoms with Gasteiger partial charge in [-0.2, -0.15) is 0 Å². The van der Waals surface area contributed by atoms with Crippen molar-refractivity contribution in [1.82, 2.24) is 5.32 Å². The first-order chi connectivity index (χ1) is 15.3. The number of rotatable bonds is 12. The van der Waals surface area contributed by atoms with Gasteiger partial charge < -0.3 is 14.8 Å². The fraction of sp³-hybridized carbons (Fsp3) is 0.926. The largest absolute Gasteiger partial charge is 0.381 e. The van der Waals surface area contributed by atoms with Gasteiger partial charge in [-0.1, -0.05) is 27.7 Å². The Morgan fingerprint density at radius 2 is 1.44 bits per heavy atom. The summed E-state index contributed by atoms with van der Waals surface area (Å²) >= 11 is 0. The summed E-state index contributed by atoms with van der Waals surface area (Å²) in [6.07, 6.45) is 10.3. The summed E-state index contributed by atoms with van der Waals surface area (Å²) < 4.78 is 11.6. The fourth-order valence-corrected chi connectivity index (χ4v) is 4.77. The lowest BCUT2D eigenvalue weighted by Crippen LogP contribution is -2.39. The van der Waals surface area contributed by atoms with Crippen molar-refractivity contribution in [3.63, 3.8) is 0 Å². The summed E-state index contributed by atoms with van der Waals surface area (Å²) in [6, 6.07) is 0.240. The Balaban J connectivity index is 0.00000332. The van der Waals surface area contributed by atoms with Crippen molar-refractivity contribution in [1.29, 1.82) is 0 Å². The van der Waals surface area contributed by atoms with Crippen LogP contribution in [0.2, 0.25) is 0 Å². The molecule has 190 valence electrons. The minimum atomic E-state index is 0. The van der Waals surface area contributed by atoms with E-state index in [9.17, 15) is 9.59 Å². The van der Waals surface area contributed by atoms with Crippen LogP contribution in [0.4, 0.5) is 0 Å². The van der Waals surface area contributed by atoms with Gasteiger partial charge in [-0.05, 0) is 83.5 Å². The molecule has 0 aliphatic heterocycles. The van der Waals surface area contributed by atoms with Gasteiger partial charge in [0.2, 0.25) is 5.91 Å². The summed E-state index contributed by atoms with van der Waals surface area (Å²) in [7, 11) is 0. The fourth-order valence-electron chi connectivity index (χ4n) is 4.77. The quantitative estimate of drug-likeness (QED) is 0.357. The van der Waals surface area contributed by atoms with E-state index in [4.69, 9.17) is 9.47 Å². The Morgan fingerprint density at radius 1 is 0.875 bits per heavy atom. The van der Waals surface area contributed by atoms with Crippen LogP contribution in [0.3, 0.4) is 0 Å². The van der Waals surface area contributed by atoms with E-state index in [1.54, 1.807) is 0 Å². The molecule has 5 heteroatoms. The van der Waals surface area contributed by atoms with Crippen molar-refractivity contribution in [3.8, 4) is 0 Å². The van der Waals surface area contributed by atoms with Crippen LogP contribution in [0.1, 0.15) is 107 Å². The molecule has 1 N–H and O–H groups in total. The van der Waals surface area contributed by atoms with E-state index in [1.807, 2.05) is 27.7 Å². The van der Waals surface area contributed by atoms with E-state index < -0.39 is 0 Å². The predicted octanol–water partition coefficient (Wildman–Crippen LogP) is 6.19. The van der Waals surface area contributed by atoms with Crippen LogP contribution in [-0.2, 0) is 19.1 Å². The molecular formula is C27H53NO4. The molecular weight excluding hydrogens is 402 g/mol. The number of amides is 1. The van der Waals surface area contributed by atoms with Crippen LogP contribution >= 0.6 is 0 Å². The van der Waals surface area contributed by atoms with Crippen LogP contribution in [0, 0.1) is 23.7 Å². The molecule has 2 saturated carbocycles. The molecule has 0 bridgehead atoms. The topological polar surface area (TPSA) is 64.6 Å². The van der Waals surface area contributed by atoms with Crippen molar-refractivity contribution in [2.75, 3.05) is 19.8 Å². The lowest BCUT2D eigenvalue weighted by molar-refractivity contribution is -0.127. The smallest absolute Gasteiger partial charge is 0.220 e. The lowest BCUT2D eigenvalue weighted by atomic mass is 9.80. The molecule has 2 rings (SSSR count). The zero-order valence-corrected chi connectivity index (χ0v) is 21.8. The molecule has 0 atom stereocenters. The van der Waals surface area contributed by atoms with Crippen molar-refractivity contribution in [2.24, 2.45) is 23.7 Å². The first-order valence-electron chi connectivity index (χ1n) is 13.4. The molecule has 0 radical (unpaired) electrons. The number of carbonyl (C=O) groups is 2. The summed E-state index contributed by atoms with van der Waals surface area (Å²) in [4.78, 5) is 24.3. The van der Waals surface area contributed by atoms with Crippen molar-refractivity contribution >= 4 is 11.7 Å². The molecule has 0 heterocycles. The van der Waals surface area contributed by atoms with Gasteiger partial charge >= 0.3 is 0 Å². The van der Waals surface area contributed by atoms with Crippen LogP contribution in [-0.4, -0.2) is 43.7 Å². The molecule has 0 spiro atoms. The first kappa shape index (κ1) is 29.1. The second-order valence-corrected chi connectivity index (χ2v) is 10.1. The molecule has 32 heavy (non-hydrogen) atoms. The average Bonchev–Trinajstić information content (AvgIpc) is 2.79. The molecule has 2 aliphatic carbocycles. The number of hydrogen-bond acceptors (Lipinski definition) is 4. The third-order valence-corrected chi connectivity index (χ3v) is 6.74. The van der Waals surface area contributed by atoms with Crippen LogP contribution in [0.25, 0.3) is 0 Å². The first-order valence-corrected chi connectivity index (χ1v) is 13.4. The number of hydrogen-bond donors (Lipinski definition) is 1. The average molecular weight is 456 g/mol. The lowest BCUT2D eigenvalue weighted by Gasteiger charge is -2.29. The van der Waals surface area contributed by atoms with Crippen LogP contribution < -0.4 is 5.32 Å². The highest BCUT2D eigenvalue weighted by Crippen LogP contribution is 2.29.